The fourth-order valence-corrected chi connectivity index (χ4v) is 3.28. The number of anilines is 2. The molecule has 2 aromatic rings. The van der Waals surface area contributed by atoms with E-state index in [9.17, 15) is 0 Å². The van der Waals surface area contributed by atoms with Crippen LogP contribution < -0.4 is 11.1 Å². The first-order chi connectivity index (χ1) is 9.09. The summed E-state index contributed by atoms with van der Waals surface area (Å²) in [5.74, 6) is 1.15. The van der Waals surface area contributed by atoms with Crippen molar-refractivity contribution in [3.05, 3.63) is 10.9 Å². The minimum atomic E-state index is -0.0674. The van der Waals surface area contributed by atoms with Crippen molar-refractivity contribution in [2.75, 3.05) is 24.3 Å². The summed E-state index contributed by atoms with van der Waals surface area (Å²) in [5.41, 5.74) is 5.74. The number of hydrogen-bond donors (Lipinski definition) is 2. The largest absolute Gasteiger partial charge is 0.379 e. The van der Waals surface area contributed by atoms with Crippen LogP contribution in [0.2, 0.25) is 0 Å². The maximum absolute atomic E-state index is 5.81. The number of thiophene rings is 1. The van der Waals surface area contributed by atoms with Gasteiger partial charge in [-0.3, -0.25) is 0 Å². The smallest absolute Gasteiger partial charge is 0.223 e. The van der Waals surface area contributed by atoms with E-state index in [0.717, 1.165) is 35.5 Å². The second-order valence-electron chi connectivity index (χ2n) is 5.20. The van der Waals surface area contributed by atoms with Crippen LogP contribution in [0.25, 0.3) is 10.2 Å². The fraction of sp³-hybridized carbons (Fsp3) is 0.538. The van der Waals surface area contributed by atoms with Gasteiger partial charge in [-0.2, -0.15) is 4.98 Å². The van der Waals surface area contributed by atoms with Crippen molar-refractivity contribution >= 4 is 33.3 Å². The van der Waals surface area contributed by atoms with E-state index in [1.807, 2.05) is 0 Å². The molecule has 0 amide bonds. The standard InChI is InChI=1S/C13H18N4OS/c1-3-8-6-9-10(15-12(14)16-11(9)19-8)17-13(2)4-5-18-7-13/h6H,3-5,7H2,1-2H3,(H3,14,15,16,17). The van der Waals surface area contributed by atoms with Crippen LogP contribution in [0.4, 0.5) is 11.8 Å². The Morgan fingerprint density at radius 3 is 3.05 bits per heavy atom. The number of nitrogens with two attached hydrogens (primary N) is 1. The van der Waals surface area contributed by atoms with Crippen molar-refractivity contribution in [3.8, 4) is 0 Å². The van der Waals surface area contributed by atoms with Gasteiger partial charge in [-0.15, -0.1) is 11.3 Å². The molecule has 0 aromatic carbocycles. The Kier molecular flexibility index (Phi) is 3.06. The van der Waals surface area contributed by atoms with Crippen LogP contribution in [-0.2, 0) is 11.2 Å². The van der Waals surface area contributed by atoms with Gasteiger partial charge in [-0.05, 0) is 25.8 Å². The van der Waals surface area contributed by atoms with E-state index in [4.69, 9.17) is 10.5 Å². The number of ether oxygens (including phenoxy) is 1. The molecule has 1 saturated heterocycles. The fourth-order valence-electron chi connectivity index (χ4n) is 2.31. The van der Waals surface area contributed by atoms with Crippen LogP contribution in [0.15, 0.2) is 6.07 Å². The summed E-state index contributed by atoms with van der Waals surface area (Å²) in [6, 6.07) is 2.15. The van der Waals surface area contributed by atoms with Crippen molar-refractivity contribution in [3.63, 3.8) is 0 Å². The molecule has 1 aliphatic rings. The normalized spacial score (nSPS) is 23.1. The lowest BCUT2D eigenvalue weighted by molar-refractivity contribution is 0.185. The summed E-state index contributed by atoms with van der Waals surface area (Å²) < 4.78 is 5.47. The molecular formula is C13H18N4OS. The molecule has 0 radical (unpaired) electrons. The zero-order valence-corrected chi connectivity index (χ0v) is 12.0. The number of nitrogens with one attached hydrogen (secondary N) is 1. The monoisotopic (exact) mass is 278 g/mol. The molecule has 3 heterocycles. The third-order valence-corrected chi connectivity index (χ3v) is 4.62. The number of aromatic nitrogens is 2. The Morgan fingerprint density at radius 1 is 1.53 bits per heavy atom. The zero-order valence-electron chi connectivity index (χ0n) is 11.2. The van der Waals surface area contributed by atoms with Crippen molar-refractivity contribution in [2.24, 2.45) is 0 Å². The molecule has 2 aromatic heterocycles. The van der Waals surface area contributed by atoms with E-state index >= 15 is 0 Å². The minimum Gasteiger partial charge on any atom is -0.379 e. The summed E-state index contributed by atoms with van der Waals surface area (Å²) in [6.45, 7) is 5.78. The van der Waals surface area contributed by atoms with Gasteiger partial charge in [0, 0.05) is 11.5 Å². The summed E-state index contributed by atoms with van der Waals surface area (Å²) in [4.78, 5) is 10.9. The molecule has 6 heteroatoms. The summed E-state index contributed by atoms with van der Waals surface area (Å²) >= 11 is 1.68. The summed E-state index contributed by atoms with van der Waals surface area (Å²) in [6.07, 6.45) is 1.98. The lowest BCUT2D eigenvalue weighted by Crippen LogP contribution is -2.35. The Labute approximate surface area is 116 Å². The molecule has 1 fully saturated rings. The van der Waals surface area contributed by atoms with Gasteiger partial charge in [0.2, 0.25) is 5.95 Å². The number of hydrogen-bond acceptors (Lipinski definition) is 6. The first-order valence-electron chi connectivity index (χ1n) is 6.51. The van der Waals surface area contributed by atoms with Gasteiger partial charge in [-0.25, -0.2) is 4.98 Å². The van der Waals surface area contributed by atoms with Crippen LogP contribution in [0.5, 0.6) is 0 Å². The number of nitrogens with zero attached hydrogens (tertiary/aromatic N) is 2. The minimum absolute atomic E-state index is 0.0674. The maximum Gasteiger partial charge on any atom is 0.223 e. The number of fused-ring (bicyclic) bond motifs is 1. The Hall–Kier alpha value is -1.40. The lowest BCUT2D eigenvalue weighted by Gasteiger charge is -2.24. The van der Waals surface area contributed by atoms with E-state index in [1.54, 1.807) is 11.3 Å². The van der Waals surface area contributed by atoms with Crippen molar-refractivity contribution < 1.29 is 4.74 Å². The summed E-state index contributed by atoms with van der Waals surface area (Å²) in [5, 5.41) is 4.55. The molecular weight excluding hydrogens is 260 g/mol. The van der Waals surface area contributed by atoms with E-state index in [-0.39, 0.29) is 5.54 Å². The first-order valence-corrected chi connectivity index (χ1v) is 7.33. The predicted molar refractivity (Wildman–Crippen MR) is 78.7 cm³/mol. The Bertz CT molecular complexity index is 604. The van der Waals surface area contributed by atoms with Crippen molar-refractivity contribution in [1.29, 1.82) is 0 Å². The average molecular weight is 278 g/mol. The highest BCUT2D eigenvalue weighted by molar-refractivity contribution is 7.18. The van der Waals surface area contributed by atoms with Crippen molar-refractivity contribution in [1.82, 2.24) is 9.97 Å². The zero-order chi connectivity index (χ0) is 13.5. The third kappa shape index (κ3) is 2.37. The molecule has 1 aliphatic heterocycles. The highest BCUT2D eigenvalue weighted by Crippen LogP contribution is 2.32. The molecule has 0 aliphatic carbocycles. The van der Waals surface area contributed by atoms with Gasteiger partial charge in [0.1, 0.15) is 10.6 Å². The molecule has 5 nitrogen and oxygen atoms in total. The van der Waals surface area contributed by atoms with E-state index < -0.39 is 0 Å². The van der Waals surface area contributed by atoms with E-state index in [1.165, 1.54) is 4.88 Å². The number of nitrogen functional groups attached to an aromatic ring is 1. The van der Waals surface area contributed by atoms with Gasteiger partial charge in [0.05, 0.1) is 17.5 Å². The molecule has 1 unspecified atom stereocenters. The van der Waals surface area contributed by atoms with Crippen LogP contribution in [-0.4, -0.2) is 28.7 Å². The van der Waals surface area contributed by atoms with Gasteiger partial charge in [0.15, 0.2) is 0 Å². The quantitative estimate of drug-likeness (QED) is 0.902. The lowest BCUT2D eigenvalue weighted by atomic mass is 10.0. The van der Waals surface area contributed by atoms with Crippen LogP contribution >= 0.6 is 11.3 Å². The van der Waals surface area contributed by atoms with Gasteiger partial charge in [-0.1, -0.05) is 6.92 Å². The molecule has 0 bridgehead atoms. The third-order valence-electron chi connectivity index (χ3n) is 3.45. The molecule has 102 valence electrons. The predicted octanol–water partition coefficient (Wildman–Crippen LogP) is 2.43. The van der Waals surface area contributed by atoms with E-state index in [2.05, 4.69) is 35.2 Å². The van der Waals surface area contributed by atoms with Crippen molar-refractivity contribution in [2.45, 2.75) is 32.2 Å². The number of rotatable bonds is 3. The SMILES string of the molecule is CCc1cc2c(NC3(C)CCOC3)nc(N)nc2s1. The number of aryl methyl sites for hydroxylation is 1. The molecule has 19 heavy (non-hydrogen) atoms. The van der Waals surface area contributed by atoms with E-state index in [0.29, 0.717) is 12.6 Å². The maximum atomic E-state index is 5.81. The molecule has 1 atom stereocenters. The Morgan fingerprint density at radius 2 is 2.37 bits per heavy atom. The molecule has 3 N–H and O–H groups in total. The average Bonchev–Trinajstić information content (AvgIpc) is 2.95. The molecule has 0 saturated carbocycles. The van der Waals surface area contributed by atoms with Gasteiger partial charge in [0.25, 0.3) is 0 Å². The summed E-state index contributed by atoms with van der Waals surface area (Å²) in [7, 11) is 0. The highest BCUT2D eigenvalue weighted by Gasteiger charge is 2.30. The second kappa shape index (κ2) is 4.61. The Balaban J connectivity index is 2.03. The second-order valence-corrected chi connectivity index (χ2v) is 6.32. The topological polar surface area (TPSA) is 73.1 Å². The molecule has 0 spiro atoms. The van der Waals surface area contributed by atoms with Crippen LogP contribution in [0, 0.1) is 0 Å². The first kappa shape index (κ1) is 12.6. The molecule has 3 rings (SSSR count). The van der Waals surface area contributed by atoms with Crippen LogP contribution in [0.1, 0.15) is 25.1 Å². The van der Waals surface area contributed by atoms with Crippen LogP contribution in [0.3, 0.4) is 0 Å². The van der Waals surface area contributed by atoms with Gasteiger partial charge >= 0.3 is 0 Å². The van der Waals surface area contributed by atoms with Gasteiger partial charge < -0.3 is 15.8 Å². The highest BCUT2D eigenvalue weighted by atomic mass is 32.1.